The number of aromatic amines is 1. The second kappa shape index (κ2) is 10.2. The van der Waals surface area contributed by atoms with E-state index < -0.39 is 0 Å². The molecule has 0 saturated carbocycles. The van der Waals surface area contributed by atoms with Gasteiger partial charge in [0.1, 0.15) is 11.6 Å². The summed E-state index contributed by atoms with van der Waals surface area (Å²) in [7, 11) is 0. The number of nitrogens with two attached hydrogens (primary N) is 3. The van der Waals surface area contributed by atoms with E-state index in [1.807, 2.05) is 6.92 Å². The van der Waals surface area contributed by atoms with Gasteiger partial charge < -0.3 is 5.73 Å². The fourth-order valence-electron chi connectivity index (χ4n) is 0.550. The highest BCUT2D eigenvalue weighted by Crippen LogP contribution is 1.95. The van der Waals surface area contributed by atoms with Crippen molar-refractivity contribution in [2.75, 3.05) is 5.73 Å². The first-order chi connectivity index (χ1) is 7.06. The van der Waals surface area contributed by atoms with Crippen molar-refractivity contribution in [2.24, 2.45) is 11.7 Å². The molecular formula is C8H16N6O. The van der Waals surface area contributed by atoms with E-state index in [-0.39, 0.29) is 12.2 Å². The lowest BCUT2D eigenvalue weighted by Crippen LogP contribution is -2.02. The second-order valence-electron chi connectivity index (χ2n) is 2.51. The van der Waals surface area contributed by atoms with E-state index in [1.54, 1.807) is 12.1 Å². The number of rotatable bonds is 1. The maximum Gasteiger partial charge on any atom is 0.145 e. The van der Waals surface area contributed by atoms with Gasteiger partial charge in [-0.3, -0.25) is 21.6 Å². The Kier molecular flexibility index (Phi) is 10.6. The van der Waals surface area contributed by atoms with Crippen molar-refractivity contribution < 1.29 is 4.79 Å². The first kappa shape index (κ1) is 15.6. The molecule has 1 rings (SSSR count). The molecule has 0 spiro atoms. The van der Waals surface area contributed by atoms with E-state index >= 15 is 0 Å². The number of hydrogen-bond donors (Lipinski definition) is 4. The number of Topliss-reactive ketones (excluding diaryl/α,β-unsaturated/α-hetero) is 1. The number of aromatic nitrogens is 2. The average Bonchev–Trinajstić information content (AvgIpc) is 2.54. The zero-order valence-corrected chi connectivity index (χ0v) is 8.82. The minimum absolute atomic E-state index is 0.0417. The molecule has 0 aliphatic rings. The lowest BCUT2D eigenvalue weighted by Gasteiger charge is -1.69. The molecule has 1 aromatic rings. The van der Waals surface area contributed by atoms with Crippen LogP contribution in [0.15, 0.2) is 6.07 Å². The van der Waals surface area contributed by atoms with Gasteiger partial charge in [0, 0.05) is 11.8 Å². The normalized spacial score (nSPS) is 7.40. The second-order valence-corrected chi connectivity index (χ2v) is 2.51. The third-order valence-electron chi connectivity index (χ3n) is 1.05. The fraction of sp³-hybridized carbons (Fsp3) is 0.375. The quantitative estimate of drug-likeness (QED) is 0.368. The van der Waals surface area contributed by atoms with Gasteiger partial charge in [0.05, 0.1) is 12.5 Å². The third-order valence-corrected chi connectivity index (χ3v) is 1.05. The Morgan fingerprint density at radius 3 is 2.27 bits per heavy atom. The molecule has 7 N–H and O–H groups in total. The zero-order chi connectivity index (χ0) is 12.3. The Labute approximate surface area is 88.2 Å². The van der Waals surface area contributed by atoms with Gasteiger partial charge in [-0.05, 0) is 13.8 Å². The highest BCUT2D eigenvalue weighted by atomic mass is 16.1. The van der Waals surface area contributed by atoms with Crippen LogP contribution in [0.3, 0.4) is 0 Å². The molecule has 0 radical (unpaired) electrons. The van der Waals surface area contributed by atoms with Crippen LogP contribution in [-0.2, 0) is 4.79 Å². The standard InChI is InChI=1S/C4H7N3.C4H5NO.H4N2/c1-3-2-4(5)7-6-3;1-4(6)2-3-5;1-2/h2H,1H3,(H3,5,6,7);2H2,1H3;1-2H2. The molecule has 0 aromatic carbocycles. The van der Waals surface area contributed by atoms with Gasteiger partial charge in [0.25, 0.3) is 0 Å². The molecular weight excluding hydrogens is 196 g/mol. The number of ketones is 1. The Morgan fingerprint density at radius 2 is 2.20 bits per heavy atom. The van der Waals surface area contributed by atoms with Crippen LogP contribution in [0.1, 0.15) is 19.0 Å². The van der Waals surface area contributed by atoms with Crippen LogP contribution in [0.4, 0.5) is 5.82 Å². The Balaban J connectivity index is 0. The summed E-state index contributed by atoms with van der Waals surface area (Å²) in [5.41, 5.74) is 6.23. The van der Waals surface area contributed by atoms with Crippen LogP contribution in [0.25, 0.3) is 0 Å². The highest BCUT2D eigenvalue weighted by molar-refractivity contribution is 5.77. The summed E-state index contributed by atoms with van der Waals surface area (Å²) in [5.74, 6) is 8.48. The number of hydrogen-bond acceptors (Lipinski definition) is 6. The summed E-state index contributed by atoms with van der Waals surface area (Å²) >= 11 is 0. The smallest absolute Gasteiger partial charge is 0.145 e. The molecule has 0 aliphatic heterocycles. The zero-order valence-electron chi connectivity index (χ0n) is 8.82. The number of nitrogen functional groups attached to an aromatic ring is 1. The lowest BCUT2D eigenvalue weighted by molar-refractivity contribution is -0.116. The van der Waals surface area contributed by atoms with Gasteiger partial charge in [-0.2, -0.15) is 10.4 Å². The number of hydrazine groups is 1. The summed E-state index contributed by atoms with van der Waals surface area (Å²) in [5, 5.41) is 14.1. The van der Waals surface area contributed by atoms with Crippen LogP contribution in [0, 0.1) is 18.3 Å². The molecule has 0 aliphatic carbocycles. The molecule has 7 heteroatoms. The average molecular weight is 212 g/mol. The molecule has 0 bridgehead atoms. The van der Waals surface area contributed by atoms with Crippen molar-refractivity contribution in [1.29, 1.82) is 5.26 Å². The van der Waals surface area contributed by atoms with E-state index in [1.165, 1.54) is 6.92 Å². The topological polar surface area (TPSA) is 148 Å². The summed E-state index contributed by atoms with van der Waals surface area (Å²) in [6.07, 6.45) is 0.0417. The number of carbonyl (C=O) groups is 1. The van der Waals surface area contributed by atoms with Gasteiger partial charge in [-0.15, -0.1) is 0 Å². The Bertz CT molecular complexity index is 297. The molecule has 15 heavy (non-hydrogen) atoms. The Morgan fingerprint density at radius 1 is 1.67 bits per heavy atom. The van der Waals surface area contributed by atoms with Crippen molar-refractivity contribution in [2.45, 2.75) is 20.3 Å². The number of nitrogens with zero attached hydrogens (tertiary/aromatic N) is 2. The van der Waals surface area contributed by atoms with Crippen molar-refractivity contribution >= 4 is 11.6 Å². The largest absolute Gasteiger partial charge is 0.382 e. The molecule has 7 nitrogen and oxygen atoms in total. The number of anilines is 1. The fourth-order valence-corrected chi connectivity index (χ4v) is 0.550. The van der Waals surface area contributed by atoms with Crippen LogP contribution in [-0.4, -0.2) is 16.0 Å². The van der Waals surface area contributed by atoms with E-state index in [9.17, 15) is 4.79 Å². The maximum absolute atomic E-state index is 9.82. The number of nitriles is 1. The molecule has 0 fully saturated rings. The molecule has 0 amide bonds. The molecule has 0 saturated heterocycles. The predicted molar refractivity (Wildman–Crippen MR) is 57.0 cm³/mol. The van der Waals surface area contributed by atoms with Crippen molar-refractivity contribution in [3.05, 3.63) is 11.8 Å². The van der Waals surface area contributed by atoms with Crippen molar-refractivity contribution in [1.82, 2.24) is 10.2 Å². The molecule has 1 aromatic heterocycles. The van der Waals surface area contributed by atoms with Gasteiger partial charge in [0.2, 0.25) is 0 Å². The summed E-state index contributed by atoms with van der Waals surface area (Å²) in [6.45, 7) is 3.30. The molecule has 0 unspecified atom stereocenters. The van der Waals surface area contributed by atoms with E-state index in [4.69, 9.17) is 11.0 Å². The van der Waals surface area contributed by atoms with Gasteiger partial charge in [-0.25, -0.2) is 0 Å². The maximum atomic E-state index is 9.82. The van der Waals surface area contributed by atoms with Gasteiger partial charge in [-0.1, -0.05) is 0 Å². The van der Waals surface area contributed by atoms with Gasteiger partial charge >= 0.3 is 0 Å². The van der Waals surface area contributed by atoms with E-state index in [0.717, 1.165) is 5.69 Å². The summed E-state index contributed by atoms with van der Waals surface area (Å²) in [6, 6.07) is 3.50. The first-order valence-electron chi connectivity index (χ1n) is 4.03. The van der Waals surface area contributed by atoms with E-state index in [0.29, 0.717) is 5.82 Å². The van der Waals surface area contributed by atoms with Crippen LogP contribution >= 0.6 is 0 Å². The summed E-state index contributed by atoms with van der Waals surface area (Å²) < 4.78 is 0. The number of nitrogens with one attached hydrogen (secondary N) is 1. The van der Waals surface area contributed by atoms with Gasteiger partial charge in [0.15, 0.2) is 0 Å². The first-order valence-corrected chi connectivity index (χ1v) is 4.03. The van der Waals surface area contributed by atoms with Crippen LogP contribution in [0.5, 0.6) is 0 Å². The predicted octanol–water partition coefficient (Wildman–Crippen LogP) is -0.392. The highest BCUT2D eigenvalue weighted by Gasteiger charge is 1.85. The monoisotopic (exact) mass is 212 g/mol. The molecule has 0 atom stereocenters. The SMILES string of the molecule is CC(=O)CC#N.Cc1cc(N)n[nH]1.NN. The van der Waals surface area contributed by atoms with Crippen LogP contribution < -0.4 is 17.4 Å². The Hall–Kier alpha value is -1.91. The number of carbonyl (C=O) groups excluding carboxylic acids is 1. The van der Waals surface area contributed by atoms with Crippen LogP contribution in [0.2, 0.25) is 0 Å². The summed E-state index contributed by atoms with van der Waals surface area (Å²) in [4.78, 5) is 9.82. The molecule has 84 valence electrons. The lowest BCUT2D eigenvalue weighted by atomic mass is 10.3. The van der Waals surface area contributed by atoms with Crippen molar-refractivity contribution in [3.8, 4) is 6.07 Å². The van der Waals surface area contributed by atoms with Crippen molar-refractivity contribution in [3.63, 3.8) is 0 Å². The molecule has 1 heterocycles. The minimum atomic E-state index is -0.0718. The minimum Gasteiger partial charge on any atom is -0.382 e. The number of aryl methyl sites for hydroxylation is 1. The third kappa shape index (κ3) is 12.1. The number of H-pyrrole nitrogens is 1. The van der Waals surface area contributed by atoms with E-state index in [2.05, 4.69) is 21.9 Å².